The molecule has 6 heteroatoms. The van der Waals surface area contributed by atoms with E-state index in [2.05, 4.69) is 27.2 Å². The first-order valence-corrected chi connectivity index (χ1v) is 7.85. The minimum Gasteiger partial charge on any atom is -0.461 e. The van der Waals surface area contributed by atoms with Crippen molar-refractivity contribution in [2.24, 2.45) is 0 Å². The van der Waals surface area contributed by atoms with Gasteiger partial charge >= 0.3 is 0 Å². The summed E-state index contributed by atoms with van der Waals surface area (Å²) in [6, 6.07) is 13.7. The summed E-state index contributed by atoms with van der Waals surface area (Å²) < 4.78 is 10.6. The van der Waals surface area contributed by atoms with Gasteiger partial charge in [-0.1, -0.05) is 35.5 Å². The lowest BCUT2D eigenvalue weighted by Crippen LogP contribution is -2.38. The third-order valence-electron chi connectivity index (χ3n) is 3.43. The van der Waals surface area contributed by atoms with Crippen molar-refractivity contribution < 1.29 is 14.0 Å². The highest BCUT2D eigenvalue weighted by molar-refractivity contribution is 5.44. The highest BCUT2D eigenvalue weighted by atomic mass is 16.5. The van der Waals surface area contributed by atoms with Gasteiger partial charge < -0.3 is 14.0 Å². The van der Waals surface area contributed by atoms with Crippen LogP contribution in [0.4, 0.5) is 0 Å². The van der Waals surface area contributed by atoms with Gasteiger partial charge in [0.25, 0.3) is 0 Å². The molecule has 0 saturated heterocycles. The van der Waals surface area contributed by atoms with Gasteiger partial charge in [0.1, 0.15) is 0 Å². The fraction of sp³-hybridized carbons (Fsp3) is 0.333. The van der Waals surface area contributed by atoms with Crippen molar-refractivity contribution >= 4 is 0 Å². The summed E-state index contributed by atoms with van der Waals surface area (Å²) in [7, 11) is 0. The standard InChI is InChI=1S/C18H21N3O3/c1-18(2,22)13-21(11-14-7-4-3-5-8-14)12-16-19-17(20-24-16)15-9-6-10-23-15/h3-10,22H,11-13H2,1-2H3. The third-order valence-corrected chi connectivity index (χ3v) is 3.43. The molecule has 2 aromatic heterocycles. The number of benzene rings is 1. The van der Waals surface area contributed by atoms with Gasteiger partial charge in [-0.25, -0.2) is 0 Å². The van der Waals surface area contributed by atoms with Gasteiger partial charge in [0.15, 0.2) is 5.76 Å². The van der Waals surface area contributed by atoms with Crippen LogP contribution in [0, 0.1) is 0 Å². The Morgan fingerprint density at radius 2 is 1.88 bits per heavy atom. The second kappa shape index (κ2) is 6.98. The van der Waals surface area contributed by atoms with Crippen molar-refractivity contribution in [2.45, 2.75) is 32.5 Å². The number of rotatable bonds is 7. The molecule has 0 amide bonds. The summed E-state index contributed by atoms with van der Waals surface area (Å²) in [6.45, 7) is 5.19. The average molecular weight is 327 g/mol. The molecule has 0 aliphatic carbocycles. The summed E-state index contributed by atoms with van der Waals surface area (Å²) in [4.78, 5) is 6.45. The molecular weight excluding hydrogens is 306 g/mol. The van der Waals surface area contributed by atoms with E-state index in [1.807, 2.05) is 18.2 Å². The maximum Gasteiger partial charge on any atom is 0.241 e. The Balaban J connectivity index is 1.73. The Bertz CT molecular complexity index is 745. The van der Waals surface area contributed by atoms with Gasteiger partial charge in [0.2, 0.25) is 11.7 Å². The van der Waals surface area contributed by atoms with Crippen LogP contribution in [0.25, 0.3) is 11.6 Å². The van der Waals surface area contributed by atoms with Gasteiger partial charge in [-0.15, -0.1) is 0 Å². The fourth-order valence-corrected chi connectivity index (χ4v) is 2.57. The maximum atomic E-state index is 10.2. The van der Waals surface area contributed by atoms with Crippen LogP contribution in [0.1, 0.15) is 25.3 Å². The van der Waals surface area contributed by atoms with E-state index >= 15 is 0 Å². The Kier molecular flexibility index (Phi) is 4.78. The minimum absolute atomic E-state index is 0.429. The zero-order valence-corrected chi connectivity index (χ0v) is 13.8. The van der Waals surface area contributed by atoms with Gasteiger partial charge in [0.05, 0.1) is 18.4 Å². The lowest BCUT2D eigenvalue weighted by atomic mass is 10.1. The predicted molar refractivity (Wildman–Crippen MR) is 88.9 cm³/mol. The van der Waals surface area contributed by atoms with Crippen LogP contribution in [-0.4, -0.2) is 32.3 Å². The van der Waals surface area contributed by atoms with Gasteiger partial charge in [-0.2, -0.15) is 4.98 Å². The number of nitrogens with zero attached hydrogens (tertiary/aromatic N) is 3. The van der Waals surface area contributed by atoms with Crippen LogP contribution in [-0.2, 0) is 13.1 Å². The summed E-state index contributed by atoms with van der Waals surface area (Å²) >= 11 is 0. The number of furan rings is 1. The lowest BCUT2D eigenvalue weighted by molar-refractivity contribution is 0.0273. The van der Waals surface area contributed by atoms with Crippen LogP contribution in [0.5, 0.6) is 0 Å². The molecule has 0 fully saturated rings. The van der Waals surface area contributed by atoms with E-state index in [0.717, 1.165) is 5.56 Å². The molecule has 0 aliphatic heterocycles. The fourth-order valence-electron chi connectivity index (χ4n) is 2.57. The molecule has 24 heavy (non-hydrogen) atoms. The van der Waals surface area contributed by atoms with E-state index in [1.54, 1.807) is 32.2 Å². The van der Waals surface area contributed by atoms with Crippen molar-refractivity contribution in [3.8, 4) is 11.6 Å². The van der Waals surface area contributed by atoms with E-state index in [1.165, 1.54) is 0 Å². The summed E-state index contributed by atoms with van der Waals surface area (Å²) in [5.74, 6) is 1.49. The second-order valence-electron chi connectivity index (χ2n) is 6.43. The number of hydrogen-bond donors (Lipinski definition) is 1. The van der Waals surface area contributed by atoms with Crippen LogP contribution in [0.15, 0.2) is 57.7 Å². The molecule has 0 unspecified atom stereocenters. The van der Waals surface area contributed by atoms with Gasteiger partial charge in [-0.05, 0) is 31.5 Å². The molecular formula is C18H21N3O3. The minimum atomic E-state index is -0.821. The van der Waals surface area contributed by atoms with Crippen molar-refractivity contribution in [3.05, 3.63) is 60.2 Å². The molecule has 0 radical (unpaired) electrons. The van der Waals surface area contributed by atoms with E-state index in [4.69, 9.17) is 8.94 Å². The third kappa shape index (κ3) is 4.53. The molecule has 0 saturated carbocycles. The number of aromatic nitrogens is 2. The lowest BCUT2D eigenvalue weighted by Gasteiger charge is -2.27. The first kappa shape index (κ1) is 16.4. The highest BCUT2D eigenvalue weighted by Crippen LogP contribution is 2.18. The molecule has 0 atom stereocenters. The highest BCUT2D eigenvalue weighted by Gasteiger charge is 2.21. The quantitative estimate of drug-likeness (QED) is 0.718. The number of hydrogen-bond acceptors (Lipinski definition) is 6. The monoisotopic (exact) mass is 327 g/mol. The summed E-state index contributed by atoms with van der Waals surface area (Å²) in [6.07, 6.45) is 1.57. The zero-order chi connectivity index (χ0) is 17.0. The molecule has 0 bridgehead atoms. The Morgan fingerprint density at radius 3 is 2.54 bits per heavy atom. The molecule has 126 valence electrons. The molecule has 0 aliphatic rings. The smallest absolute Gasteiger partial charge is 0.241 e. The summed E-state index contributed by atoms with van der Waals surface area (Å²) in [5.41, 5.74) is 0.339. The maximum absolute atomic E-state index is 10.2. The Morgan fingerprint density at radius 1 is 1.08 bits per heavy atom. The largest absolute Gasteiger partial charge is 0.461 e. The average Bonchev–Trinajstić information content (AvgIpc) is 3.17. The van der Waals surface area contributed by atoms with E-state index in [9.17, 15) is 5.11 Å². The Hall–Kier alpha value is -2.44. The van der Waals surface area contributed by atoms with Crippen LogP contribution in [0.3, 0.4) is 0 Å². The van der Waals surface area contributed by atoms with Crippen LogP contribution >= 0.6 is 0 Å². The number of aliphatic hydroxyl groups is 1. The molecule has 6 nitrogen and oxygen atoms in total. The van der Waals surface area contributed by atoms with Gasteiger partial charge in [0, 0.05) is 13.1 Å². The van der Waals surface area contributed by atoms with Crippen molar-refractivity contribution in [1.29, 1.82) is 0 Å². The molecule has 3 aromatic rings. The summed E-state index contributed by atoms with van der Waals surface area (Å²) in [5, 5.41) is 14.1. The molecule has 1 N–H and O–H groups in total. The van der Waals surface area contributed by atoms with Crippen molar-refractivity contribution in [2.75, 3.05) is 6.54 Å². The van der Waals surface area contributed by atoms with E-state index in [0.29, 0.717) is 37.1 Å². The molecule has 2 heterocycles. The first-order chi connectivity index (χ1) is 11.5. The van der Waals surface area contributed by atoms with Crippen molar-refractivity contribution in [3.63, 3.8) is 0 Å². The normalized spacial score (nSPS) is 12.0. The molecule has 0 spiro atoms. The zero-order valence-electron chi connectivity index (χ0n) is 13.8. The van der Waals surface area contributed by atoms with Crippen LogP contribution < -0.4 is 0 Å². The predicted octanol–water partition coefficient (Wildman–Crippen LogP) is 3.10. The molecule has 3 rings (SSSR count). The topological polar surface area (TPSA) is 75.5 Å². The van der Waals surface area contributed by atoms with E-state index < -0.39 is 5.60 Å². The van der Waals surface area contributed by atoms with Crippen LogP contribution in [0.2, 0.25) is 0 Å². The van der Waals surface area contributed by atoms with Crippen molar-refractivity contribution in [1.82, 2.24) is 15.0 Å². The second-order valence-corrected chi connectivity index (χ2v) is 6.43. The van der Waals surface area contributed by atoms with Gasteiger partial charge in [-0.3, -0.25) is 4.90 Å². The first-order valence-electron chi connectivity index (χ1n) is 7.85. The Labute approximate surface area is 140 Å². The molecule has 1 aromatic carbocycles. The van der Waals surface area contributed by atoms with E-state index in [-0.39, 0.29) is 0 Å². The SMILES string of the molecule is CC(C)(O)CN(Cc1ccccc1)Cc1nc(-c2ccco2)no1.